The van der Waals surface area contributed by atoms with Crippen LogP contribution in [-0.2, 0) is 70.1 Å². The van der Waals surface area contributed by atoms with E-state index in [2.05, 4.69) is 16.0 Å². The number of piperidine rings is 1. The number of aryl methyl sites for hydroxylation is 1. The van der Waals surface area contributed by atoms with E-state index < -0.39 is 167 Å². The largest absolute Gasteiger partial charge is 0.417 e. The van der Waals surface area contributed by atoms with Crippen molar-refractivity contribution in [1.82, 2.24) is 60.0 Å². The molecule has 0 radical (unpaired) electrons. The van der Waals surface area contributed by atoms with Crippen LogP contribution in [0.2, 0.25) is 5.02 Å². The number of fused-ring (bicyclic) bond motifs is 1. The molecule has 5 fully saturated rings. The van der Waals surface area contributed by atoms with Gasteiger partial charge in [0.25, 0.3) is 0 Å². The first-order valence-electron chi connectivity index (χ1n) is 36.3. The number of hydrogen-bond acceptors (Lipinski definition) is 12. The Kier molecular flexibility index (Phi) is 30.5. The van der Waals surface area contributed by atoms with Crippen molar-refractivity contribution in [2.45, 2.75) is 243 Å². The summed E-state index contributed by atoms with van der Waals surface area (Å²) in [6.07, 6.45) is 5.60. The topological polar surface area (TPSA) is 270 Å². The monoisotopic (exact) mass is 1430 g/mol. The van der Waals surface area contributed by atoms with Gasteiger partial charge < -0.3 is 60.0 Å². The van der Waals surface area contributed by atoms with Crippen LogP contribution >= 0.6 is 11.6 Å². The number of unbranched alkanes of at least 4 members (excludes halogenated alkanes) is 2. The van der Waals surface area contributed by atoms with E-state index >= 15 is 24.0 Å². The number of amides is 12. The minimum absolute atomic E-state index is 0.0189. The molecule has 12 amide bonds. The molecular formula is C72H112ClF3N12O12. The summed E-state index contributed by atoms with van der Waals surface area (Å²) < 4.78 is 41.6. The maximum absolute atomic E-state index is 15.5. The van der Waals surface area contributed by atoms with E-state index in [1.807, 2.05) is 27.7 Å². The minimum Gasteiger partial charge on any atom is -0.343 e. The van der Waals surface area contributed by atoms with Crippen LogP contribution < -0.4 is 16.0 Å². The Morgan fingerprint density at radius 1 is 0.620 bits per heavy atom. The lowest BCUT2D eigenvalue weighted by molar-refractivity contribution is -0.155. The molecule has 28 heteroatoms. The van der Waals surface area contributed by atoms with Gasteiger partial charge in [-0.1, -0.05) is 123 Å². The molecule has 3 saturated heterocycles. The maximum Gasteiger partial charge on any atom is 0.417 e. The van der Waals surface area contributed by atoms with Crippen molar-refractivity contribution >= 4 is 82.5 Å². The highest BCUT2D eigenvalue weighted by atomic mass is 35.5. The van der Waals surface area contributed by atoms with Crippen molar-refractivity contribution < 1.29 is 70.7 Å². The van der Waals surface area contributed by atoms with Gasteiger partial charge in [-0.25, -0.2) is 0 Å². The lowest BCUT2D eigenvalue weighted by atomic mass is 9.84. The molecule has 5 aliphatic rings. The Balaban J connectivity index is 1.43. The predicted molar refractivity (Wildman–Crippen MR) is 371 cm³/mol. The van der Waals surface area contributed by atoms with Gasteiger partial charge in [-0.15, -0.1) is 0 Å². The molecular weight excluding hydrogens is 1320 g/mol. The molecule has 100 heavy (non-hydrogen) atoms. The second-order valence-electron chi connectivity index (χ2n) is 29.3. The molecule has 2 aliphatic carbocycles. The fourth-order valence-corrected chi connectivity index (χ4v) is 15.1. The van der Waals surface area contributed by atoms with Gasteiger partial charge in [-0.05, 0) is 112 Å². The van der Waals surface area contributed by atoms with Crippen LogP contribution in [-0.4, -0.2) is 251 Å². The van der Waals surface area contributed by atoms with Crippen molar-refractivity contribution in [1.29, 1.82) is 0 Å². The van der Waals surface area contributed by atoms with E-state index in [4.69, 9.17) is 11.6 Å². The Morgan fingerprint density at radius 3 is 1.85 bits per heavy atom. The van der Waals surface area contributed by atoms with E-state index in [9.17, 15) is 46.7 Å². The summed E-state index contributed by atoms with van der Waals surface area (Å²) in [7, 11) is 9.93. The number of alkyl halides is 3. The first-order valence-corrected chi connectivity index (χ1v) is 36.7. The van der Waals surface area contributed by atoms with Gasteiger partial charge in [-0.3, -0.25) is 57.5 Å². The average Bonchev–Trinajstić information content (AvgIpc) is 1.58. The van der Waals surface area contributed by atoms with E-state index in [1.54, 1.807) is 11.8 Å². The Bertz CT molecular complexity index is 3070. The van der Waals surface area contributed by atoms with Gasteiger partial charge in [-0.2, -0.15) is 13.2 Å². The number of likely N-dealkylation sites (tertiary alicyclic amines) is 1. The van der Waals surface area contributed by atoms with Crippen LogP contribution in [0.3, 0.4) is 0 Å². The first-order chi connectivity index (χ1) is 47.2. The molecule has 1 aromatic carbocycles. The van der Waals surface area contributed by atoms with E-state index in [0.717, 1.165) is 71.8 Å². The lowest BCUT2D eigenvalue weighted by Gasteiger charge is -2.41. The van der Waals surface area contributed by atoms with Gasteiger partial charge in [0.15, 0.2) is 0 Å². The van der Waals surface area contributed by atoms with Crippen molar-refractivity contribution in [2.24, 2.45) is 17.8 Å². The molecule has 560 valence electrons. The lowest BCUT2D eigenvalue weighted by Crippen LogP contribution is -2.64. The van der Waals surface area contributed by atoms with E-state index in [0.29, 0.717) is 70.0 Å². The normalized spacial score (nSPS) is 25.8. The molecule has 0 aromatic heterocycles. The van der Waals surface area contributed by atoms with Crippen molar-refractivity contribution in [2.75, 3.05) is 88.6 Å². The summed E-state index contributed by atoms with van der Waals surface area (Å²) >= 11 is 6.15. The predicted octanol–water partition coefficient (Wildman–Crippen LogP) is 6.42. The highest BCUT2D eigenvalue weighted by Gasteiger charge is 2.50. The molecule has 0 unspecified atom stereocenters. The van der Waals surface area contributed by atoms with Gasteiger partial charge in [0.05, 0.1) is 36.6 Å². The number of halogens is 4. The summed E-state index contributed by atoms with van der Waals surface area (Å²) in [5.41, 5.74) is -2.34. The van der Waals surface area contributed by atoms with Crippen LogP contribution in [0.4, 0.5) is 13.2 Å². The minimum atomic E-state index is -4.76. The van der Waals surface area contributed by atoms with Gasteiger partial charge in [0.1, 0.15) is 47.8 Å². The zero-order chi connectivity index (χ0) is 74.1. The molecule has 2 saturated carbocycles. The number of likely N-dealkylation sites (N-methyl/N-ethyl adjacent to an activating group) is 7. The number of nitrogens with zero attached hydrogens (tertiary/aromatic N) is 9. The molecule has 1 aromatic rings. The standard InChI is InChI=1S/C72H112ClF3N12O12/c1-13-15-18-28-54-67(97)85(11)57(68(98)87-36-23-17-24-37-87)42-59(90)83(9)55(39-46(3)4)63(93)78-62(47(5)14-2)69(99)82(8)44-60(91)80(6)45-61(92)84(10)56(41-48-26-19-16-20-27-48)66(96)81(7)43-58(89)77-52(33-31-49-30-32-50(51(73)40-49)72(74,75)76)65(95)88-38-25-29-53(88)64(94)79-71(34-21-22-35-71)70(100)86(54)12/h30,32,40,46-48,52-57,62H,13-29,31,33-39,41-45H2,1-12H3,(H,77,89)(H,78,93)(H,79,94)/t47-,52-,53-,54-,55-,56-,57-,62-/m0/s1. The number of nitrogens with one attached hydrogen (secondary N) is 3. The zero-order valence-corrected chi connectivity index (χ0v) is 61.9. The van der Waals surface area contributed by atoms with Gasteiger partial charge in [0.2, 0.25) is 70.9 Å². The third-order valence-corrected chi connectivity index (χ3v) is 21.7. The number of benzene rings is 1. The molecule has 1 spiro atoms. The number of carbonyl (C=O) groups is 12. The first kappa shape index (κ1) is 81.9. The smallest absolute Gasteiger partial charge is 0.343 e. The fraction of sp³-hybridized carbons (Fsp3) is 0.750. The summed E-state index contributed by atoms with van der Waals surface area (Å²) in [5, 5.41) is 8.14. The number of carbonyl (C=O) groups excluding carboxylic acids is 12. The third kappa shape index (κ3) is 21.3. The van der Waals surface area contributed by atoms with Gasteiger partial charge in [0, 0.05) is 69.0 Å². The maximum atomic E-state index is 15.5. The third-order valence-electron chi connectivity index (χ3n) is 21.4. The number of hydrogen-bond donors (Lipinski definition) is 3. The Hall–Kier alpha value is -7.06. The highest BCUT2D eigenvalue weighted by Crippen LogP contribution is 2.37. The summed E-state index contributed by atoms with van der Waals surface area (Å²) in [6.45, 7) is 8.41. The molecule has 8 atom stereocenters. The second-order valence-corrected chi connectivity index (χ2v) is 29.7. The second kappa shape index (κ2) is 37.2. The summed E-state index contributed by atoms with van der Waals surface area (Å²) in [5.74, 6) is -8.41. The SMILES string of the molecule is CCCCC[C@H]1C(=O)N(C)[C@H](C(=O)N2CCCCC2)CC(=O)N(C)[C@@H](CC(C)C)C(=O)N[C@@H]([C@@H](C)CC)C(=O)N(C)CC(=O)N(C)CC(=O)N(C)[C@@H](CC2CCCCC2)C(=O)N(C)CC(=O)N[C@@H](CCc2ccc(C(F)(F)F)c(Cl)c2)C(=O)N2CCC[C@H]2C(=O)NC2(CCCC2)C(=O)N1C. The van der Waals surface area contributed by atoms with Crippen molar-refractivity contribution in [3.8, 4) is 0 Å². The average molecular weight is 1430 g/mol. The molecule has 24 nitrogen and oxygen atoms in total. The fourth-order valence-electron chi connectivity index (χ4n) is 14.8. The van der Waals surface area contributed by atoms with E-state index in [-0.39, 0.29) is 69.7 Å². The molecule has 3 aliphatic heterocycles. The molecule has 3 N–H and O–H groups in total. The quantitative estimate of drug-likeness (QED) is 0.170. The summed E-state index contributed by atoms with van der Waals surface area (Å²) in [4.78, 5) is 190. The van der Waals surface area contributed by atoms with Crippen LogP contribution in [0.1, 0.15) is 193 Å². The zero-order valence-electron chi connectivity index (χ0n) is 61.2. The Labute approximate surface area is 594 Å². The highest BCUT2D eigenvalue weighted by molar-refractivity contribution is 6.31. The van der Waals surface area contributed by atoms with Crippen LogP contribution in [0.15, 0.2) is 18.2 Å². The molecule has 3 heterocycles. The number of rotatable bonds is 14. The van der Waals surface area contributed by atoms with Crippen molar-refractivity contribution in [3.63, 3.8) is 0 Å². The summed E-state index contributed by atoms with van der Waals surface area (Å²) in [6, 6.07) is -5.57. The van der Waals surface area contributed by atoms with Gasteiger partial charge >= 0.3 is 6.18 Å². The van der Waals surface area contributed by atoms with Crippen LogP contribution in [0, 0.1) is 17.8 Å². The van der Waals surface area contributed by atoms with E-state index in [1.165, 1.54) is 79.9 Å². The van der Waals surface area contributed by atoms with Crippen LogP contribution in [0.25, 0.3) is 0 Å². The molecule has 0 bridgehead atoms. The van der Waals surface area contributed by atoms with Crippen LogP contribution in [0.5, 0.6) is 0 Å². The van der Waals surface area contributed by atoms with Crippen molar-refractivity contribution in [3.05, 3.63) is 34.3 Å². The molecule has 6 rings (SSSR count). The Morgan fingerprint density at radius 2 is 1.24 bits per heavy atom.